The van der Waals surface area contributed by atoms with Gasteiger partial charge in [0.05, 0.1) is 26.3 Å². The maximum Gasteiger partial charge on any atom is 0.407 e. The van der Waals surface area contributed by atoms with Gasteiger partial charge in [0, 0.05) is 40.9 Å². The van der Waals surface area contributed by atoms with Gasteiger partial charge in [-0.2, -0.15) is 0 Å². The molecule has 0 aromatic carbocycles. The van der Waals surface area contributed by atoms with Crippen LogP contribution in [0.5, 0.6) is 0 Å². The third-order valence-electron chi connectivity index (χ3n) is 5.04. The van der Waals surface area contributed by atoms with Gasteiger partial charge >= 0.3 is 24.1 Å². The van der Waals surface area contributed by atoms with E-state index in [1.54, 1.807) is 6.92 Å². The highest BCUT2D eigenvalue weighted by molar-refractivity contribution is 5.86. The van der Waals surface area contributed by atoms with Crippen LogP contribution in [0.3, 0.4) is 0 Å². The van der Waals surface area contributed by atoms with Gasteiger partial charge in [0.2, 0.25) is 0 Å². The molecule has 248 valence electrons. The van der Waals surface area contributed by atoms with Crippen molar-refractivity contribution in [3.05, 3.63) is 24.8 Å². The molecule has 0 aliphatic rings. The molecule has 2 N–H and O–H groups in total. The Kier molecular flexibility index (Phi) is 27.4. The van der Waals surface area contributed by atoms with Crippen LogP contribution in [0, 0.1) is 17.8 Å². The van der Waals surface area contributed by atoms with Crippen LogP contribution < -0.4 is 10.6 Å². The van der Waals surface area contributed by atoms with Crippen LogP contribution in [0.4, 0.5) is 9.59 Å². The fourth-order valence-corrected chi connectivity index (χ4v) is 2.62. The van der Waals surface area contributed by atoms with E-state index in [0.717, 1.165) is 38.6 Å². The first-order valence-electron chi connectivity index (χ1n) is 14.5. The minimum absolute atomic E-state index is 0. The number of hydrogen-bond acceptors (Lipinski definition) is 10. The van der Waals surface area contributed by atoms with Gasteiger partial charge in [-0.25, -0.2) is 19.2 Å². The summed E-state index contributed by atoms with van der Waals surface area (Å²) in [6.45, 7) is 22.7. The summed E-state index contributed by atoms with van der Waals surface area (Å²) in [6.07, 6.45) is 2.74. The first-order valence-corrected chi connectivity index (χ1v) is 14.5. The molecule has 0 radical (unpaired) electrons. The molecular formula is C30H58N2O10. The van der Waals surface area contributed by atoms with E-state index < -0.39 is 24.1 Å². The first kappa shape index (κ1) is 41.0. The average Bonchev–Trinajstić information content (AvgIpc) is 2.95. The molecule has 2 atom stereocenters. The molecular weight excluding hydrogens is 548 g/mol. The van der Waals surface area contributed by atoms with Crippen molar-refractivity contribution in [2.24, 2.45) is 17.8 Å². The van der Waals surface area contributed by atoms with Crippen LogP contribution in [0.25, 0.3) is 0 Å². The molecule has 0 saturated heterocycles. The maximum absolute atomic E-state index is 11.4. The van der Waals surface area contributed by atoms with E-state index in [4.69, 9.17) is 28.4 Å². The van der Waals surface area contributed by atoms with Crippen LogP contribution in [0.15, 0.2) is 24.8 Å². The van der Waals surface area contributed by atoms with Gasteiger partial charge in [0.1, 0.15) is 13.2 Å². The SMILES string of the molecule is C=C(C)C(=O)OCCNC(=O)OCC(C)CCOCCC.C=CC(=O)OCCNC(=O)OCC(C)CCOCC(C)C.[HH].[HH]. The van der Waals surface area contributed by atoms with Crippen LogP contribution in [-0.2, 0) is 38.0 Å². The quantitative estimate of drug-likeness (QED) is 0.0753. The molecule has 0 aliphatic heterocycles. The number of hydrogen-bond donors (Lipinski definition) is 2. The molecule has 0 aliphatic carbocycles. The van der Waals surface area contributed by atoms with Crippen molar-refractivity contribution >= 4 is 24.1 Å². The monoisotopic (exact) mass is 606 g/mol. The second kappa shape index (κ2) is 28.0. The largest absolute Gasteiger partial charge is 0.461 e. The second-order valence-corrected chi connectivity index (χ2v) is 10.2. The molecule has 2 amide bonds. The predicted molar refractivity (Wildman–Crippen MR) is 164 cm³/mol. The minimum Gasteiger partial charge on any atom is -0.461 e. The molecule has 0 bridgehead atoms. The van der Waals surface area contributed by atoms with E-state index in [-0.39, 0.29) is 41.0 Å². The number of ether oxygens (including phenoxy) is 6. The lowest BCUT2D eigenvalue weighted by molar-refractivity contribution is -0.139. The molecule has 12 nitrogen and oxygen atoms in total. The van der Waals surface area contributed by atoms with Crippen molar-refractivity contribution in [3.8, 4) is 0 Å². The summed E-state index contributed by atoms with van der Waals surface area (Å²) in [5.41, 5.74) is 0.330. The molecule has 0 saturated carbocycles. The number of carbonyl (C=O) groups is 4. The minimum atomic E-state index is -0.514. The molecule has 0 aromatic heterocycles. The zero-order valence-electron chi connectivity index (χ0n) is 26.5. The second-order valence-electron chi connectivity index (χ2n) is 10.2. The molecule has 0 aromatic rings. The molecule has 42 heavy (non-hydrogen) atoms. The number of rotatable bonds is 22. The summed E-state index contributed by atoms with van der Waals surface area (Å²) in [4.78, 5) is 44.5. The van der Waals surface area contributed by atoms with Gasteiger partial charge in [-0.3, -0.25) is 0 Å². The highest BCUT2D eigenvalue weighted by Gasteiger charge is 2.09. The lowest BCUT2D eigenvalue weighted by atomic mass is 10.1. The van der Waals surface area contributed by atoms with Crippen molar-refractivity contribution in [2.45, 2.75) is 60.8 Å². The normalized spacial score (nSPS) is 11.7. The maximum atomic E-state index is 11.4. The van der Waals surface area contributed by atoms with Gasteiger partial charge in [0.25, 0.3) is 0 Å². The summed E-state index contributed by atoms with van der Waals surface area (Å²) in [7, 11) is 0. The summed E-state index contributed by atoms with van der Waals surface area (Å²) in [5.74, 6) is 0.0268. The zero-order chi connectivity index (χ0) is 32.2. The number of alkyl carbamates (subject to hydrolysis) is 2. The smallest absolute Gasteiger partial charge is 0.407 e. The van der Waals surface area contributed by atoms with E-state index in [2.05, 4.69) is 44.6 Å². The van der Waals surface area contributed by atoms with E-state index in [1.807, 2.05) is 13.8 Å². The van der Waals surface area contributed by atoms with Gasteiger partial charge in [-0.1, -0.05) is 47.8 Å². The molecule has 12 heteroatoms. The molecule has 0 heterocycles. The van der Waals surface area contributed by atoms with Crippen LogP contribution in [0.1, 0.15) is 63.7 Å². The lowest BCUT2D eigenvalue weighted by Gasteiger charge is -2.13. The zero-order valence-corrected chi connectivity index (χ0v) is 26.5. The van der Waals surface area contributed by atoms with Crippen molar-refractivity contribution in [2.75, 3.05) is 65.9 Å². The Bertz CT molecular complexity index is 785. The molecule has 0 spiro atoms. The van der Waals surface area contributed by atoms with Gasteiger partial charge in [-0.15, -0.1) is 0 Å². The van der Waals surface area contributed by atoms with Gasteiger partial charge < -0.3 is 39.1 Å². The van der Waals surface area contributed by atoms with Crippen LogP contribution in [-0.4, -0.2) is 90.1 Å². The van der Waals surface area contributed by atoms with Crippen LogP contribution in [0.2, 0.25) is 0 Å². The van der Waals surface area contributed by atoms with E-state index in [9.17, 15) is 19.2 Å². The molecule has 2 unspecified atom stereocenters. The highest BCUT2D eigenvalue weighted by Crippen LogP contribution is 2.04. The number of esters is 2. The lowest BCUT2D eigenvalue weighted by Crippen LogP contribution is -2.30. The van der Waals surface area contributed by atoms with E-state index >= 15 is 0 Å². The highest BCUT2D eigenvalue weighted by atomic mass is 16.6. The summed E-state index contributed by atoms with van der Waals surface area (Å²) in [6, 6.07) is 0. The van der Waals surface area contributed by atoms with Gasteiger partial charge in [0.15, 0.2) is 0 Å². The topological polar surface area (TPSA) is 148 Å². The Labute approximate surface area is 254 Å². The standard InChI is InChI=1S/2C15H27NO5.2H2/c1-5-14(17)20-9-7-16-15(18)21-11-13(4)6-8-19-10-12(2)3;1-5-8-19-9-6-13(4)11-21-15(18)16-7-10-20-14(17)12(2)3;;/h5,12-13H,1,6-11H2,2-4H3,(H,16,18);13H,2,5-11H2,1,3-4H3,(H,16,18);2*1H. The third kappa shape index (κ3) is 29.9. The Morgan fingerprint density at radius 1 is 0.738 bits per heavy atom. The molecule has 0 fully saturated rings. The van der Waals surface area contributed by atoms with Crippen molar-refractivity contribution in [1.82, 2.24) is 10.6 Å². The fourth-order valence-electron chi connectivity index (χ4n) is 2.62. The van der Waals surface area contributed by atoms with Crippen molar-refractivity contribution in [1.29, 1.82) is 0 Å². The predicted octanol–water partition coefficient (Wildman–Crippen LogP) is 4.92. The van der Waals surface area contributed by atoms with Crippen molar-refractivity contribution < 1.29 is 50.5 Å². The van der Waals surface area contributed by atoms with E-state index in [1.165, 1.54) is 0 Å². The summed E-state index contributed by atoms with van der Waals surface area (Å²) < 4.78 is 30.5. The number of nitrogens with one attached hydrogen (secondary N) is 2. The Hall–Kier alpha value is -3.12. The Balaban J connectivity index is -0.000000348. The Morgan fingerprint density at radius 2 is 1.24 bits per heavy atom. The summed E-state index contributed by atoms with van der Waals surface area (Å²) in [5, 5.41) is 5.01. The van der Waals surface area contributed by atoms with Crippen molar-refractivity contribution in [3.63, 3.8) is 0 Å². The summed E-state index contributed by atoms with van der Waals surface area (Å²) >= 11 is 0. The Morgan fingerprint density at radius 3 is 1.69 bits per heavy atom. The third-order valence-corrected chi connectivity index (χ3v) is 5.04. The van der Waals surface area contributed by atoms with Crippen LogP contribution >= 0.6 is 0 Å². The fraction of sp³-hybridized carbons (Fsp3) is 0.733. The van der Waals surface area contributed by atoms with Gasteiger partial charge in [-0.05, 0) is 43.9 Å². The van der Waals surface area contributed by atoms with E-state index in [0.29, 0.717) is 37.9 Å². The first-order chi connectivity index (χ1) is 19.9. The average molecular weight is 607 g/mol. The number of amides is 2. The number of carbonyl (C=O) groups excluding carboxylic acids is 4. The molecule has 0 rings (SSSR count).